The predicted molar refractivity (Wildman–Crippen MR) is 109 cm³/mol. The zero-order valence-corrected chi connectivity index (χ0v) is 16.6. The lowest BCUT2D eigenvalue weighted by Crippen LogP contribution is -2.55. The molecule has 0 amide bonds. The molecule has 4 atom stereocenters. The van der Waals surface area contributed by atoms with E-state index in [1.54, 1.807) is 17.4 Å². The Morgan fingerprint density at radius 2 is 2.11 bits per heavy atom. The van der Waals surface area contributed by atoms with Gasteiger partial charge in [0.1, 0.15) is 11.9 Å². The summed E-state index contributed by atoms with van der Waals surface area (Å²) in [5.41, 5.74) is 1.99. The second-order valence-corrected chi connectivity index (χ2v) is 8.99. The number of thiazole rings is 1. The summed E-state index contributed by atoms with van der Waals surface area (Å²) in [6, 6.07) is 7.38. The van der Waals surface area contributed by atoms with Crippen LogP contribution in [0.1, 0.15) is 24.3 Å². The van der Waals surface area contributed by atoms with Crippen LogP contribution in [0.3, 0.4) is 0 Å². The predicted octanol–water partition coefficient (Wildman–Crippen LogP) is 3.43. The van der Waals surface area contributed by atoms with Crippen LogP contribution in [0.5, 0.6) is 5.75 Å². The molecule has 5 rings (SSSR count). The Hall–Kier alpha value is -2.32. The molecule has 0 radical (unpaired) electrons. The van der Waals surface area contributed by atoms with Gasteiger partial charge in [0.15, 0.2) is 5.82 Å². The molecule has 4 heterocycles. The van der Waals surface area contributed by atoms with Gasteiger partial charge in [-0.25, -0.2) is 9.37 Å². The number of nitrogens with one attached hydrogen (secondary N) is 1. The van der Waals surface area contributed by atoms with Gasteiger partial charge in [-0.15, -0.1) is 21.5 Å². The van der Waals surface area contributed by atoms with Crippen LogP contribution in [0.15, 0.2) is 24.3 Å². The first kappa shape index (κ1) is 17.8. The normalized spacial score (nSPS) is 26.7. The number of aryl methyl sites for hydroxylation is 1. The van der Waals surface area contributed by atoms with Gasteiger partial charge in [-0.2, -0.15) is 0 Å². The standard InChI is InChI=1S/C20H22FN5OS/c1-10-22-15-9-17(27)12(8-18(15)28-10)13-5-6-19(25-24-13)26(2)16-7-11-3-4-14(23-11)20(16)21/h5-6,8-9,11,14,16,20,23,27H,3-4,7H2,1-2H3/t11?,14?,16-,20+/m0/s1. The molecule has 2 N–H and O–H groups in total. The second kappa shape index (κ2) is 6.63. The van der Waals surface area contributed by atoms with Crippen LogP contribution in [0.25, 0.3) is 21.5 Å². The number of hydrogen-bond donors (Lipinski definition) is 2. The summed E-state index contributed by atoms with van der Waals surface area (Å²) >= 11 is 1.58. The van der Waals surface area contributed by atoms with Gasteiger partial charge in [-0.05, 0) is 44.4 Å². The number of rotatable bonds is 3. The molecule has 0 aliphatic carbocycles. The highest BCUT2D eigenvalue weighted by molar-refractivity contribution is 7.18. The molecular weight excluding hydrogens is 377 g/mol. The van der Waals surface area contributed by atoms with Crippen molar-refractivity contribution in [2.45, 2.75) is 50.5 Å². The van der Waals surface area contributed by atoms with Crippen LogP contribution in [0.2, 0.25) is 0 Å². The number of phenolic OH excluding ortho intramolecular Hbond substituents is 1. The summed E-state index contributed by atoms with van der Waals surface area (Å²) in [4.78, 5) is 6.30. The van der Waals surface area contributed by atoms with E-state index < -0.39 is 6.17 Å². The third-order valence-electron chi connectivity index (χ3n) is 5.95. The quantitative estimate of drug-likeness (QED) is 0.703. The molecule has 146 valence electrons. The summed E-state index contributed by atoms with van der Waals surface area (Å²) in [5, 5.41) is 23.3. The van der Waals surface area contributed by atoms with Gasteiger partial charge in [-0.3, -0.25) is 0 Å². The van der Waals surface area contributed by atoms with Crippen LogP contribution in [0.4, 0.5) is 10.2 Å². The fraction of sp³-hybridized carbons (Fsp3) is 0.450. The fourth-order valence-corrected chi connectivity index (χ4v) is 5.31. The highest BCUT2D eigenvalue weighted by Crippen LogP contribution is 2.36. The zero-order valence-electron chi connectivity index (χ0n) is 15.8. The molecule has 0 spiro atoms. The minimum absolute atomic E-state index is 0.0510. The molecule has 2 unspecified atom stereocenters. The Labute approximate surface area is 166 Å². The first-order valence-electron chi connectivity index (χ1n) is 9.57. The largest absolute Gasteiger partial charge is 0.507 e. The van der Waals surface area contributed by atoms with Gasteiger partial charge in [-0.1, -0.05) is 0 Å². The molecule has 2 aliphatic rings. The van der Waals surface area contributed by atoms with Crippen LogP contribution >= 0.6 is 11.3 Å². The Morgan fingerprint density at radius 3 is 2.89 bits per heavy atom. The van der Waals surface area contributed by atoms with Crippen LogP contribution in [-0.4, -0.2) is 51.6 Å². The van der Waals surface area contributed by atoms with Crippen LogP contribution in [0, 0.1) is 6.92 Å². The van der Waals surface area contributed by atoms with Crippen molar-refractivity contribution in [1.29, 1.82) is 0 Å². The molecule has 2 aromatic heterocycles. The molecule has 28 heavy (non-hydrogen) atoms. The molecule has 2 fully saturated rings. The minimum Gasteiger partial charge on any atom is -0.507 e. The van der Waals surface area contributed by atoms with E-state index in [9.17, 15) is 9.50 Å². The van der Waals surface area contributed by atoms with E-state index in [1.165, 1.54) is 0 Å². The van der Waals surface area contributed by atoms with Crippen molar-refractivity contribution < 1.29 is 9.50 Å². The van der Waals surface area contributed by atoms with Gasteiger partial charge in [0, 0.05) is 30.8 Å². The van der Waals surface area contributed by atoms with Gasteiger partial charge in [0.05, 0.1) is 27.0 Å². The minimum atomic E-state index is -0.911. The Bertz CT molecular complexity index is 1020. The van der Waals surface area contributed by atoms with E-state index in [0.29, 0.717) is 23.1 Å². The van der Waals surface area contributed by atoms with Crippen LogP contribution < -0.4 is 10.2 Å². The summed E-state index contributed by atoms with van der Waals surface area (Å²) < 4.78 is 15.8. The van der Waals surface area contributed by atoms with E-state index in [4.69, 9.17) is 0 Å². The lowest BCUT2D eigenvalue weighted by Gasteiger charge is -2.38. The number of hydrogen-bond acceptors (Lipinski definition) is 7. The lowest BCUT2D eigenvalue weighted by molar-refractivity contribution is 0.176. The number of alkyl halides is 1. The van der Waals surface area contributed by atoms with Gasteiger partial charge >= 0.3 is 0 Å². The maximum absolute atomic E-state index is 14.8. The Morgan fingerprint density at radius 1 is 1.25 bits per heavy atom. The zero-order chi connectivity index (χ0) is 19.4. The Kier molecular flexibility index (Phi) is 4.21. The smallest absolute Gasteiger partial charge is 0.151 e. The number of piperidine rings is 1. The molecular formula is C20H22FN5OS. The fourth-order valence-electron chi connectivity index (χ4n) is 4.46. The van der Waals surface area contributed by atoms with Crippen molar-refractivity contribution in [3.05, 3.63) is 29.3 Å². The number of aromatic hydroxyl groups is 1. The van der Waals surface area contributed by atoms with Crippen molar-refractivity contribution in [2.24, 2.45) is 0 Å². The van der Waals surface area contributed by atoms with E-state index in [0.717, 1.165) is 34.5 Å². The number of halogens is 1. The van der Waals surface area contributed by atoms with Crippen molar-refractivity contribution in [1.82, 2.24) is 20.5 Å². The molecule has 0 saturated carbocycles. The van der Waals surface area contributed by atoms with Crippen LogP contribution in [-0.2, 0) is 0 Å². The highest BCUT2D eigenvalue weighted by Gasteiger charge is 2.43. The monoisotopic (exact) mass is 399 g/mol. The molecule has 2 aliphatic heterocycles. The third kappa shape index (κ3) is 2.91. The third-order valence-corrected chi connectivity index (χ3v) is 6.89. The van der Waals surface area contributed by atoms with E-state index in [-0.39, 0.29) is 17.8 Å². The number of phenols is 1. The number of benzene rings is 1. The van der Waals surface area contributed by atoms with Gasteiger partial charge < -0.3 is 15.3 Å². The number of nitrogens with zero attached hydrogens (tertiary/aromatic N) is 4. The molecule has 6 nitrogen and oxygen atoms in total. The molecule has 1 aromatic carbocycles. The van der Waals surface area contributed by atoms with Crippen molar-refractivity contribution in [3.63, 3.8) is 0 Å². The Balaban J connectivity index is 1.42. The first-order valence-corrected chi connectivity index (χ1v) is 10.4. The average Bonchev–Trinajstić information content (AvgIpc) is 3.26. The molecule has 3 aromatic rings. The summed E-state index contributed by atoms with van der Waals surface area (Å²) in [6.45, 7) is 1.94. The summed E-state index contributed by atoms with van der Waals surface area (Å²) in [5.74, 6) is 0.777. The second-order valence-electron chi connectivity index (χ2n) is 7.75. The number of aromatic nitrogens is 3. The molecule has 2 bridgehead atoms. The highest BCUT2D eigenvalue weighted by atomic mass is 32.1. The topological polar surface area (TPSA) is 74.2 Å². The number of anilines is 1. The maximum Gasteiger partial charge on any atom is 0.151 e. The van der Waals surface area contributed by atoms with Crippen molar-refractivity contribution in [3.8, 4) is 17.0 Å². The van der Waals surface area contributed by atoms with Crippen molar-refractivity contribution >= 4 is 27.4 Å². The maximum atomic E-state index is 14.8. The average molecular weight is 399 g/mol. The van der Waals surface area contributed by atoms with Gasteiger partial charge in [0.25, 0.3) is 0 Å². The summed E-state index contributed by atoms with van der Waals surface area (Å²) in [7, 11) is 1.88. The van der Waals surface area contributed by atoms with E-state index in [1.807, 2.05) is 37.1 Å². The summed E-state index contributed by atoms with van der Waals surface area (Å²) in [6.07, 6.45) is 1.81. The van der Waals surface area contributed by atoms with E-state index >= 15 is 0 Å². The molecule has 8 heteroatoms. The first-order chi connectivity index (χ1) is 13.5. The lowest BCUT2D eigenvalue weighted by atomic mass is 9.96. The van der Waals surface area contributed by atoms with Gasteiger partial charge in [0.2, 0.25) is 0 Å². The van der Waals surface area contributed by atoms with E-state index in [2.05, 4.69) is 20.5 Å². The SMILES string of the molecule is Cc1nc2cc(O)c(-c3ccc(N(C)[C@H]4CC5CCC(N5)[C@H]4F)nn3)cc2s1. The number of fused-ring (bicyclic) bond motifs is 3. The molecule has 2 saturated heterocycles. The van der Waals surface area contributed by atoms with Crippen molar-refractivity contribution in [2.75, 3.05) is 11.9 Å².